The van der Waals surface area contributed by atoms with Crippen LogP contribution in [0.4, 0.5) is 4.39 Å². The lowest BCUT2D eigenvalue weighted by molar-refractivity contribution is -0.139. The Morgan fingerprint density at radius 1 is 0.969 bits per heavy atom. The van der Waals surface area contributed by atoms with E-state index in [9.17, 15) is 14.0 Å². The summed E-state index contributed by atoms with van der Waals surface area (Å²) in [6, 6.07) is 11.6. The highest BCUT2D eigenvalue weighted by atomic mass is 19.1. The van der Waals surface area contributed by atoms with E-state index in [0.29, 0.717) is 31.1 Å². The average Bonchev–Trinajstić information content (AvgIpc) is 3.29. The molecular formula is C23H26FN3O5. The molecule has 0 spiro atoms. The van der Waals surface area contributed by atoms with E-state index in [4.69, 9.17) is 14.2 Å². The van der Waals surface area contributed by atoms with Gasteiger partial charge in [-0.15, -0.1) is 0 Å². The Morgan fingerprint density at radius 2 is 1.69 bits per heavy atom. The molecular weight excluding hydrogens is 417 g/mol. The second-order valence-corrected chi connectivity index (χ2v) is 7.62. The van der Waals surface area contributed by atoms with E-state index in [0.717, 1.165) is 24.2 Å². The highest BCUT2D eigenvalue weighted by molar-refractivity contribution is 6.35. The van der Waals surface area contributed by atoms with Crippen LogP contribution in [0, 0.1) is 5.82 Å². The largest absolute Gasteiger partial charge is 0.454 e. The van der Waals surface area contributed by atoms with Gasteiger partial charge in [0.1, 0.15) is 5.82 Å². The van der Waals surface area contributed by atoms with Gasteiger partial charge in [-0.2, -0.15) is 0 Å². The van der Waals surface area contributed by atoms with Crippen LogP contribution in [-0.4, -0.2) is 62.9 Å². The third-order valence-corrected chi connectivity index (χ3v) is 5.54. The van der Waals surface area contributed by atoms with Crippen LogP contribution >= 0.6 is 0 Å². The molecule has 2 aromatic carbocycles. The van der Waals surface area contributed by atoms with Gasteiger partial charge in [-0.05, 0) is 41.8 Å². The predicted octanol–water partition coefficient (Wildman–Crippen LogP) is 1.40. The number of carbonyl (C=O) groups is 2. The molecule has 0 aromatic heterocycles. The number of benzene rings is 2. The molecule has 1 atom stereocenters. The molecule has 9 heteroatoms. The summed E-state index contributed by atoms with van der Waals surface area (Å²) in [6.45, 7) is 3.40. The van der Waals surface area contributed by atoms with Gasteiger partial charge in [-0.25, -0.2) is 4.39 Å². The third-order valence-electron chi connectivity index (χ3n) is 5.54. The summed E-state index contributed by atoms with van der Waals surface area (Å²) in [7, 11) is 0. The number of amides is 2. The van der Waals surface area contributed by atoms with Crippen molar-refractivity contribution in [2.24, 2.45) is 0 Å². The Balaban J connectivity index is 1.33. The number of halogens is 1. The number of morpholine rings is 1. The molecule has 170 valence electrons. The van der Waals surface area contributed by atoms with E-state index >= 15 is 0 Å². The molecule has 2 aliphatic rings. The van der Waals surface area contributed by atoms with Gasteiger partial charge in [0.25, 0.3) is 0 Å². The fourth-order valence-corrected chi connectivity index (χ4v) is 3.79. The van der Waals surface area contributed by atoms with Crippen LogP contribution in [0.1, 0.15) is 17.2 Å². The van der Waals surface area contributed by atoms with Crippen LogP contribution in [0.2, 0.25) is 0 Å². The quantitative estimate of drug-likeness (QED) is 0.629. The second kappa shape index (κ2) is 10.4. The molecule has 32 heavy (non-hydrogen) atoms. The summed E-state index contributed by atoms with van der Waals surface area (Å²) in [5.74, 6) is -0.333. The molecule has 2 aliphatic heterocycles. The van der Waals surface area contributed by atoms with Crippen molar-refractivity contribution < 1.29 is 28.2 Å². The zero-order valence-electron chi connectivity index (χ0n) is 17.6. The molecule has 0 saturated carbocycles. The number of rotatable bonds is 7. The first kappa shape index (κ1) is 22.0. The van der Waals surface area contributed by atoms with Crippen LogP contribution in [0.5, 0.6) is 11.5 Å². The van der Waals surface area contributed by atoms with Crippen molar-refractivity contribution in [1.29, 1.82) is 0 Å². The summed E-state index contributed by atoms with van der Waals surface area (Å²) in [5.41, 5.74) is 1.84. The fourth-order valence-electron chi connectivity index (χ4n) is 3.79. The molecule has 1 fully saturated rings. The highest BCUT2D eigenvalue weighted by Crippen LogP contribution is 2.35. The highest BCUT2D eigenvalue weighted by Gasteiger charge is 2.26. The Labute approximate surface area is 185 Å². The summed E-state index contributed by atoms with van der Waals surface area (Å²) < 4.78 is 29.3. The van der Waals surface area contributed by atoms with Crippen molar-refractivity contribution in [3.63, 3.8) is 0 Å². The maximum absolute atomic E-state index is 13.0. The molecule has 2 aromatic rings. The van der Waals surface area contributed by atoms with Crippen LogP contribution in [0.15, 0.2) is 42.5 Å². The molecule has 0 unspecified atom stereocenters. The fraction of sp³-hybridized carbons (Fsp3) is 0.391. The Morgan fingerprint density at radius 3 is 2.47 bits per heavy atom. The topological polar surface area (TPSA) is 89.1 Å². The minimum absolute atomic E-state index is 0.135. The molecule has 2 heterocycles. The minimum atomic E-state index is -0.696. The Kier molecular flexibility index (Phi) is 7.18. The molecule has 0 bridgehead atoms. The summed E-state index contributed by atoms with van der Waals surface area (Å²) in [6.07, 6.45) is 0.507. The molecule has 4 rings (SSSR count). The van der Waals surface area contributed by atoms with Crippen molar-refractivity contribution in [1.82, 2.24) is 15.5 Å². The number of nitrogens with zero attached hydrogens (tertiary/aromatic N) is 1. The van der Waals surface area contributed by atoms with Gasteiger partial charge in [-0.1, -0.05) is 18.2 Å². The molecule has 2 amide bonds. The van der Waals surface area contributed by atoms with Crippen molar-refractivity contribution >= 4 is 11.8 Å². The lowest BCUT2D eigenvalue weighted by Gasteiger charge is -2.34. The van der Waals surface area contributed by atoms with E-state index < -0.39 is 11.8 Å². The predicted molar refractivity (Wildman–Crippen MR) is 114 cm³/mol. The van der Waals surface area contributed by atoms with E-state index in [1.807, 2.05) is 18.2 Å². The van der Waals surface area contributed by atoms with Crippen molar-refractivity contribution in [3.8, 4) is 11.5 Å². The van der Waals surface area contributed by atoms with Gasteiger partial charge in [0, 0.05) is 26.2 Å². The second-order valence-electron chi connectivity index (χ2n) is 7.62. The Hall–Kier alpha value is -3.17. The first-order valence-corrected chi connectivity index (χ1v) is 10.6. The molecule has 8 nitrogen and oxygen atoms in total. The van der Waals surface area contributed by atoms with Gasteiger partial charge in [0.05, 0.1) is 19.3 Å². The van der Waals surface area contributed by atoms with E-state index in [1.54, 1.807) is 12.1 Å². The zero-order chi connectivity index (χ0) is 22.3. The Bertz CT molecular complexity index is 947. The normalized spacial score (nSPS) is 16.4. The molecule has 0 radical (unpaired) electrons. The van der Waals surface area contributed by atoms with Crippen LogP contribution in [0.25, 0.3) is 0 Å². The molecule has 1 saturated heterocycles. The van der Waals surface area contributed by atoms with Gasteiger partial charge in [-0.3, -0.25) is 14.5 Å². The summed E-state index contributed by atoms with van der Waals surface area (Å²) in [5, 5.41) is 5.35. The zero-order valence-corrected chi connectivity index (χ0v) is 17.6. The lowest BCUT2D eigenvalue weighted by atomic mass is 10.0. The summed E-state index contributed by atoms with van der Waals surface area (Å²) in [4.78, 5) is 26.8. The average molecular weight is 443 g/mol. The SMILES string of the molecule is O=C(NCCc1ccc(F)cc1)C(=O)NC[C@H](c1ccc2c(c1)OCO2)N1CCOCC1. The van der Waals surface area contributed by atoms with E-state index in [-0.39, 0.29) is 31.7 Å². The lowest BCUT2D eigenvalue weighted by Crippen LogP contribution is -2.47. The number of nitrogens with one attached hydrogen (secondary N) is 2. The maximum Gasteiger partial charge on any atom is 0.309 e. The minimum Gasteiger partial charge on any atom is -0.454 e. The first-order chi connectivity index (χ1) is 15.6. The van der Waals surface area contributed by atoms with Crippen LogP contribution in [-0.2, 0) is 20.7 Å². The molecule has 2 N–H and O–H groups in total. The third kappa shape index (κ3) is 5.54. The number of hydrogen-bond acceptors (Lipinski definition) is 6. The first-order valence-electron chi connectivity index (χ1n) is 10.6. The number of ether oxygens (including phenoxy) is 3. The van der Waals surface area contributed by atoms with Gasteiger partial charge in [0.2, 0.25) is 6.79 Å². The monoisotopic (exact) mass is 443 g/mol. The summed E-state index contributed by atoms with van der Waals surface area (Å²) >= 11 is 0. The number of hydrogen-bond donors (Lipinski definition) is 2. The van der Waals surface area contributed by atoms with Crippen molar-refractivity contribution in [2.75, 3.05) is 46.2 Å². The van der Waals surface area contributed by atoms with E-state index in [2.05, 4.69) is 15.5 Å². The van der Waals surface area contributed by atoms with Crippen LogP contribution in [0.3, 0.4) is 0 Å². The smallest absolute Gasteiger partial charge is 0.309 e. The van der Waals surface area contributed by atoms with Gasteiger partial charge >= 0.3 is 11.8 Å². The van der Waals surface area contributed by atoms with Crippen molar-refractivity contribution in [2.45, 2.75) is 12.5 Å². The van der Waals surface area contributed by atoms with E-state index in [1.165, 1.54) is 12.1 Å². The van der Waals surface area contributed by atoms with Gasteiger partial charge < -0.3 is 24.8 Å². The standard InChI is InChI=1S/C23H26FN3O5/c24-18-4-1-16(2-5-18)7-8-25-22(28)23(29)26-14-19(27-9-11-30-12-10-27)17-3-6-20-21(13-17)32-15-31-20/h1-6,13,19H,7-12,14-15H2,(H,25,28)(H,26,29)/t19-/m1/s1. The van der Waals surface area contributed by atoms with Crippen molar-refractivity contribution in [3.05, 3.63) is 59.4 Å². The maximum atomic E-state index is 13.0. The van der Waals surface area contributed by atoms with Gasteiger partial charge in [0.15, 0.2) is 11.5 Å². The number of carbonyl (C=O) groups excluding carboxylic acids is 2. The number of fused-ring (bicyclic) bond motifs is 1. The molecule has 0 aliphatic carbocycles. The van der Waals surface area contributed by atoms with Crippen LogP contribution < -0.4 is 20.1 Å².